The average molecular weight is 379 g/mol. The smallest absolute Gasteiger partial charge is 0.257 e. The number of anilines is 1. The van der Waals surface area contributed by atoms with E-state index < -0.39 is 11.7 Å². The van der Waals surface area contributed by atoms with Gasteiger partial charge in [-0.2, -0.15) is 0 Å². The van der Waals surface area contributed by atoms with Crippen LogP contribution < -0.4 is 14.8 Å². The number of nitrogens with one attached hydrogen (secondary N) is 1. The molecule has 0 unspecified atom stereocenters. The highest BCUT2D eigenvalue weighted by atomic mass is 35.5. The molecule has 0 aliphatic rings. The summed E-state index contributed by atoms with van der Waals surface area (Å²) in [6.07, 6.45) is 0. The maximum atomic E-state index is 13.5. The molecule has 1 amide bonds. The number of carbonyl (C=O) groups is 1. The number of methoxy groups -OCH3 is 2. The number of hydrogen-bond donors (Lipinski definition) is 1. The minimum atomic E-state index is -0.749. The quantitative estimate of drug-likeness (QED) is 0.757. The van der Waals surface area contributed by atoms with Crippen LogP contribution in [0.1, 0.15) is 10.4 Å². The largest absolute Gasteiger partial charge is 0.495 e. The lowest BCUT2D eigenvalue weighted by atomic mass is 10.2. The first-order valence-electron chi connectivity index (χ1n) is 6.24. The van der Waals surface area contributed by atoms with E-state index in [1.54, 1.807) is 0 Å². The van der Waals surface area contributed by atoms with E-state index in [2.05, 4.69) is 5.32 Å². The molecule has 1 N–H and O–H groups in total. The van der Waals surface area contributed by atoms with Crippen molar-refractivity contribution in [2.75, 3.05) is 19.5 Å². The van der Waals surface area contributed by atoms with Crippen LogP contribution in [0.4, 0.5) is 10.1 Å². The Bertz CT molecular complexity index is 768. The predicted octanol–water partition coefficient (Wildman–Crippen LogP) is 5.06. The van der Waals surface area contributed by atoms with E-state index >= 15 is 0 Å². The Kier molecular flexibility index (Phi) is 5.57. The third-order valence-electron chi connectivity index (χ3n) is 2.98. The lowest BCUT2D eigenvalue weighted by Gasteiger charge is -2.13. The molecule has 0 radical (unpaired) electrons. The van der Waals surface area contributed by atoms with E-state index in [4.69, 9.17) is 44.3 Å². The van der Waals surface area contributed by atoms with E-state index in [1.165, 1.54) is 26.4 Å². The highest BCUT2D eigenvalue weighted by molar-refractivity contribution is 6.37. The van der Waals surface area contributed by atoms with Crippen molar-refractivity contribution in [3.05, 3.63) is 50.7 Å². The second-order valence-electron chi connectivity index (χ2n) is 4.39. The summed E-state index contributed by atoms with van der Waals surface area (Å²) in [6, 6.07) is 5.09. The molecule has 23 heavy (non-hydrogen) atoms. The molecule has 8 heteroatoms. The summed E-state index contributed by atoms with van der Waals surface area (Å²) < 4.78 is 23.8. The Morgan fingerprint density at radius 3 is 2.22 bits per heavy atom. The predicted molar refractivity (Wildman–Crippen MR) is 88.9 cm³/mol. The molecule has 2 rings (SSSR count). The first kappa shape index (κ1) is 17.7. The van der Waals surface area contributed by atoms with Gasteiger partial charge in [0, 0.05) is 6.07 Å². The van der Waals surface area contributed by atoms with Crippen molar-refractivity contribution in [3.63, 3.8) is 0 Å². The zero-order valence-electron chi connectivity index (χ0n) is 12.0. The van der Waals surface area contributed by atoms with E-state index in [1.807, 2.05) is 0 Å². The molecule has 4 nitrogen and oxygen atoms in total. The molecule has 2 aromatic carbocycles. The SMILES string of the molecule is COc1cc(OC)c(NC(=O)c2cc(F)c(Cl)cc2Cl)cc1Cl. The second-order valence-corrected chi connectivity index (χ2v) is 5.61. The average Bonchev–Trinajstić information content (AvgIpc) is 2.51. The van der Waals surface area contributed by atoms with Crippen molar-refractivity contribution >= 4 is 46.4 Å². The van der Waals surface area contributed by atoms with Gasteiger partial charge in [-0.25, -0.2) is 4.39 Å². The molecule has 0 aromatic heterocycles. The number of halogens is 4. The molecule has 0 spiro atoms. The molecular weight excluding hydrogens is 368 g/mol. The third-order valence-corrected chi connectivity index (χ3v) is 3.87. The van der Waals surface area contributed by atoms with Gasteiger partial charge in [-0.05, 0) is 18.2 Å². The van der Waals surface area contributed by atoms with Gasteiger partial charge in [0.15, 0.2) is 0 Å². The zero-order chi connectivity index (χ0) is 17.1. The van der Waals surface area contributed by atoms with Crippen molar-refractivity contribution in [1.29, 1.82) is 0 Å². The van der Waals surface area contributed by atoms with Crippen molar-refractivity contribution in [2.24, 2.45) is 0 Å². The second kappa shape index (κ2) is 7.25. The molecule has 0 bridgehead atoms. The van der Waals surface area contributed by atoms with Crippen molar-refractivity contribution in [3.8, 4) is 11.5 Å². The fourth-order valence-corrected chi connectivity index (χ4v) is 2.55. The number of benzene rings is 2. The van der Waals surface area contributed by atoms with Gasteiger partial charge < -0.3 is 14.8 Å². The van der Waals surface area contributed by atoms with Crippen LogP contribution in [0.15, 0.2) is 24.3 Å². The lowest BCUT2D eigenvalue weighted by Crippen LogP contribution is -2.14. The fraction of sp³-hybridized carbons (Fsp3) is 0.133. The Balaban J connectivity index is 2.37. The Labute approximate surface area is 147 Å². The number of ether oxygens (including phenoxy) is 2. The normalized spacial score (nSPS) is 10.3. The number of amides is 1. The minimum Gasteiger partial charge on any atom is -0.495 e. The summed E-state index contributed by atoms with van der Waals surface area (Å²) >= 11 is 17.6. The molecule has 122 valence electrons. The van der Waals surface area contributed by atoms with Crippen LogP contribution in [0.5, 0.6) is 11.5 Å². The highest BCUT2D eigenvalue weighted by Crippen LogP contribution is 2.36. The molecular formula is C15H11Cl3FNO3. The number of hydrogen-bond acceptors (Lipinski definition) is 3. The first-order valence-corrected chi connectivity index (χ1v) is 7.38. The first-order chi connectivity index (χ1) is 10.9. The Morgan fingerprint density at radius 2 is 1.61 bits per heavy atom. The molecule has 0 aliphatic heterocycles. The van der Waals surface area contributed by atoms with Gasteiger partial charge in [-0.15, -0.1) is 0 Å². The van der Waals surface area contributed by atoms with Crippen LogP contribution in [0, 0.1) is 5.82 Å². The van der Waals surface area contributed by atoms with Crippen LogP contribution in [0.2, 0.25) is 15.1 Å². The summed E-state index contributed by atoms with van der Waals surface area (Å²) in [5.41, 5.74) is 0.220. The Hall–Kier alpha value is -1.69. The van der Waals surface area contributed by atoms with Crippen molar-refractivity contribution < 1.29 is 18.7 Å². The molecule has 2 aromatic rings. The summed E-state index contributed by atoms with van der Waals surface area (Å²) in [5, 5.41) is 2.69. The van der Waals surface area contributed by atoms with Crippen LogP contribution in [0.25, 0.3) is 0 Å². The summed E-state index contributed by atoms with van der Waals surface area (Å²) in [4.78, 5) is 12.3. The van der Waals surface area contributed by atoms with E-state index in [9.17, 15) is 9.18 Å². The molecule has 0 aliphatic carbocycles. The van der Waals surface area contributed by atoms with E-state index in [-0.39, 0.29) is 26.3 Å². The van der Waals surface area contributed by atoms with Gasteiger partial charge in [0.2, 0.25) is 0 Å². The van der Waals surface area contributed by atoms with Gasteiger partial charge in [-0.1, -0.05) is 34.8 Å². The van der Waals surface area contributed by atoms with Gasteiger partial charge in [0.05, 0.1) is 40.5 Å². The standard InChI is InChI=1S/C15H11Cl3FNO3/c1-22-13-6-14(23-2)12(5-10(13)18)20-15(21)7-3-11(19)9(17)4-8(7)16/h3-6H,1-2H3,(H,20,21). The zero-order valence-corrected chi connectivity index (χ0v) is 14.3. The Morgan fingerprint density at radius 1 is 0.957 bits per heavy atom. The molecule has 0 saturated heterocycles. The fourth-order valence-electron chi connectivity index (χ4n) is 1.84. The number of rotatable bonds is 4. The van der Waals surface area contributed by atoms with Crippen LogP contribution in [0.3, 0.4) is 0 Å². The van der Waals surface area contributed by atoms with Crippen LogP contribution in [-0.2, 0) is 0 Å². The minimum absolute atomic E-state index is 0.0208. The van der Waals surface area contributed by atoms with Gasteiger partial charge in [0.25, 0.3) is 5.91 Å². The maximum Gasteiger partial charge on any atom is 0.257 e. The van der Waals surface area contributed by atoms with Gasteiger partial charge in [-0.3, -0.25) is 4.79 Å². The van der Waals surface area contributed by atoms with Gasteiger partial charge in [0.1, 0.15) is 17.3 Å². The molecule has 0 heterocycles. The molecule has 0 fully saturated rings. The topological polar surface area (TPSA) is 47.6 Å². The van der Waals surface area contributed by atoms with Gasteiger partial charge >= 0.3 is 0 Å². The van der Waals surface area contributed by atoms with E-state index in [0.717, 1.165) is 12.1 Å². The van der Waals surface area contributed by atoms with Crippen LogP contribution >= 0.6 is 34.8 Å². The van der Waals surface area contributed by atoms with Crippen molar-refractivity contribution in [1.82, 2.24) is 0 Å². The summed E-state index contributed by atoms with van der Waals surface area (Å²) in [6.45, 7) is 0. The summed E-state index contributed by atoms with van der Waals surface area (Å²) in [7, 11) is 2.88. The highest BCUT2D eigenvalue weighted by Gasteiger charge is 2.17. The maximum absolute atomic E-state index is 13.5. The lowest BCUT2D eigenvalue weighted by molar-refractivity contribution is 0.102. The summed E-state index contributed by atoms with van der Waals surface area (Å²) in [5.74, 6) is -0.673. The van der Waals surface area contributed by atoms with Crippen molar-refractivity contribution in [2.45, 2.75) is 0 Å². The molecule has 0 saturated carbocycles. The monoisotopic (exact) mass is 377 g/mol. The number of carbonyl (C=O) groups excluding carboxylic acids is 1. The molecule has 0 atom stereocenters. The third kappa shape index (κ3) is 3.80. The van der Waals surface area contributed by atoms with Crippen LogP contribution in [-0.4, -0.2) is 20.1 Å². The van der Waals surface area contributed by atoms with E-state index in [0.29, 0.717) is 11.5 Å².